The van der Waals surface area contributed by atoms with Crippen LogP contribution in [0.3, 0.4) is 0 Å². The van der Waals surface area contributed by atoms with Crippen LogP contribution in [-0.2, 0) is 34.9 Å². The van der Waals surface area contributed by atoms with E-state index in [1.54, 1.807) is 19.2 Å². The van der Waals surface area contributed by atoms with Crippen molar-refractivity contribution in [3.05, 3.63) is 86.2 Å². The smallest absolute Gasteiger partial charge is 0.330 e. The van der Waals surface area contributed by atoms with Crippen LogP contribution >= 0.6 is 0 Å². The largest absolute Gasteiger partial charge is 0.459 e. The van der Waals surface area contributed by atoms with Gasteiger partial charge in [0.2, 0.25) is 12.2 Å². The molecular weight excluding hydrogens is 446 g/mol. The van der Waals surface area contributed by atoms with Gasteiger partial charge in [0.05, 0.1) is 17.5 Å². The van der Waals surface area contributed by atoms with Crippen molar-refractivity contribution in [3.63, 3.8) is 0 Å². The lowest BCUT2D eigenvalue weighted by molar-refractivity contribution is 0.265. The van der Waals surface area contributed by atoms with Crippen LogP contribution in [0, 0.1) is 0 Å². The molecule has 2 N–H and O–H groups in total. The van der Waals surface area contributed by atoms with Crippen LogP contribution in [-0.4, -0.2) is 28.4 Å². The maximum absolute atomic E-state index is 12.2. The number of nitrogens with two attached hydrogens (primary N) is 1. The zero-order chi connectivity index (χ0) is 25.2. The third-order valence-corrected chi connectivity index (χ3v) is 6.91. The number of isocyanates is 2. The third-order valence-electron chi connectivity index (χ3n) is 6.91. The number of fused-ring (bicyclic) bond motifs is 2. The first-order chi connectivity index (χ1) is 16.8. The van der Waals surface area contributed by atoms with E-state index in [1.165, 1.54) is 4.74 Å². The van der Waals surface area contributed by atoms with Crippen LogP contribution in [0.25, 0.3) is 0 Å². The SMILES string of the molecule is CC(N=C=O)c1ccc2c(c1)CCc1cc(C(C)N=C=O)ccc1C2(CCN)c1nc(=O)on1C. The second-order valence-corrected chi connectivity index (χ2v) is 8.86. The zero-order valence-corrected chi connectivity index (χ0v) is 19.9. The molecule has 180 valence electrons. The molecule has 9 nitrogen and oxygen atoms in total. The summed E-state index contributed by atoms with van der Waals surface area (Å²) in [5.41, 5.74) is 11.2. The lowest BCUT2D eigenvalue weighted by Crippen LogP contribution is -2.36. The first-order valence-corrected chi connectivity index (χ1v) is 11.5. The van der Waals surface area contributed by atoms with E-state index in [2.05, 4.69) is 27.1 Å². The molecule has 4 rings (SSSR count). The number of nitrogens with zero attached hydrogens (tertiary/aromatic N) is 4. The van der Waals surface area contributed by atoms with Crippen molar-refractivity contribution in [3.8, 4) is 0 Å². The average molecular weight is 474 g/mol. The van der Waals surface area contributed by atoms with E-state index in [1.807, 2.05) is 38.1 Å². The molecule has 1 aliphatic carbocycles. The summed E-state index contributed by atoms with van der Waals surface area (Å²) < 4.78 is 6.70. The molecule has 0 aliphatic heterocycles. The van der Waals surface area contributed by atoms with Gasteiger partial charge in [-0.2, -0.15) is 19.7 Å². The highest BCUT2D eigenvalue weighted by Gasteiger charge is 2.44. The second kappa shape index (κ2) is 9.76. The fourth-order valence-corrected chi connectivity index (χ4v) is 5.26. The number of aliphatic imine (C=N–C) groups is 2. The molecule has 2 aromatic carbocycles. The highest BCUT2D eigenvalue weighted by atomic mass is 16.5. The van der Waals surface area contributed by atoms with E-state index >= 15 is 0 Å². The Hall–Kier alpha value is -3.90. The molecule has 2 unspecified atom stereocenters. The van der Waals surface area contributed by atoms with Gasteiger partial charge in [-0.1, -0.05) is 36.4 Å². The number of hydrogen-bond acceptors (Lipinski definition) is 8. The molecule has 0 saturated heterocycles. The molecular formula is C26H27N5O4. The number of hydrogen-bond donors (Lipinski definition) is 1. The molecule has 0 fully saturated rings. The van der Waals surface area contributed by atoms with Crippen molar-refractivity contribution >= 4 is 12.2 Å². The Kier molecular flexibility index (Phi) is 6.76. The molecule has 1 heterocycles. The summed E-state index contributed by atoms with van der Waals surface area (Å²) in [6.45, 7) is 4.02. The Morgan fingerprint density at radius 1 is 1.03 bits per heavy atom. The van der Waals surface area contributed by atoms with Crippen molar-refractivity contribution in [1.82, 2.24) is 9.72 Å². The van der Waals surface area contributed by atoms with Crippen molar-refractivity contribution in [2.75, 3.05) is 6.54 Å². The van der Waals surface area contributed by atoms with Crippen LogP contribution in [0.5, 0.6) is 0 Å². The molecule has 3 aromatic rings. The molecule has 0 radical (unpaired) electrons. The van der Waals surface area contributed by atoms with Crippen molar-refractivity contribution in [1.29, 1.82) is 0 Å². The van der Waals surface area contributed by atoms with Crippen LogP contribution in [0.4, 0.5) is 0 Å². The van der Waals surface area contributed by atoms with E-state index < -0.39 is 11.2 Å². The normalized spacial score (nSPS) is 18.3. The van der Waals surface area contributed by atoms with Crippen LogP contribution in [0.15, 0.2) is 55.7 Å². The number of carbonyl (C=O) groups excluding carboxylic acids is 2. The van der Waals surface area contributed by atoms with E-state index in [9.17, 15) is 14.4 Å². The summed E-state index contributed by atoms with van der Waals surface area (Å²) in [4.78, 5) is 45.9. The van der Waals surface area contributed by atoms with Gasteiger partial charge < -0.3 is 10.3 Å². The molecule has 1 aromatic heterocycles. The lowest BCUT2D eigenvalue weighted by Gasteiger charge is -2.35. The van der Waals surface area contributed by atoms with Crippen LogP contribution in [0.2, 0.25) is 0 Å². The Labute approximate surface area is 202 Å². The summed E-state index contributed by atoms with van der Waals surface area (Å²) in [5, 5.41) is 0. The van der Waals surface area contributed by atoms with Gasteiger partial charge in [-0.25, -0.2) is 14.4 Å². The Bertz CT molecular complexity index is 1330. The van der Waals surface area contributed by atoms with Crippen LogP contribution < -0.4 is 11.5 Å². The predicted molar refractivity (Wildman–Crippen MR) is 129 cm³/mol. The summed E-state index contributed by atoms with van der Waals surface area (Å²) in [7, 11) is 1.66. The molecule has 0 bridgehead atoms. The maximum Gasteiger partial charge on any atom is 0.459 e. The topological polar surface area (TPSA) is 133 Å². The van der Waals surface area contributed by atoms with Gasteiger partial charge >= 0.3 is 5.76 Å². The highest BCUT2D eigenvalue weighted by molar-refractivity contribution is 5.56. The molecule has 2 atom stereocenters. The third kappa shape index (κ3) is 4.21. The molecule has 9 heteroatoms. The van der Waals surface area contributed by atoms with Gasteiger partial charge in [0, 0.05) is 7.05 Å². The molecule has 35 heavy (non-hydrogen) atoms. The number of rotatable bonds is 7. The standard InChI is InChI=1S/C26H27N5O4/c1-16(28-14-32)18-6-8-22-20(12-18)4-5-21-13-19(17(2)29-15-33)7-9-23(21)26(22,10-11-27)24-30-25(34)35-31(24)3/h6-9,12-13,16-17H,4-5,10-11,27H2,1-3H3. The summed E-state index contributed by atoms with van der Waals surface area (Å²) in [6.07, 6.45) is 5.17. The predicted octanol–water partition coefficient (Wildman–Crippen LogP) is 2.95. The van der Waals surface area contributed by atoms with E-state index in [0.29, 0.717) is 31.6 Å². The quantitative estimate of drug-likeness (QED) is 0.414. The summed E-state index contributed by atoms with van der Waals surface area (Å²) >= 11 is 0. The molecule has 1 aliphatic rings. The fourth-order valence-electron chi connectivity index (χ4n) is 5.26. The first kappa shape index (κ1) is 24.2. The van der Waals surface area contributed by atoms with Gasteiger partial charge in [0.15, 0.2) is 5.82 Å². The van der Waals surface area contributed by atoms with Crippen molar-refractivity contribution < 1.29 is 14.1 Å². The minimum Gasteiger partial charge on any atom is -0.330 e. The van der Waals surface area contributed by atoms with Crippen LogP contribution in [0.1, 0.15) is 71.6 Å². The van der Waals surface area contributed by atoms with Gasteiger partial charge in [-0.05, 0) is 73.0 Å². The second-order valence-electron chi connectivity index (χ2n) is 8.86. The van der Waals surface area contributed by atoms with Gasteiger partial charge in [0.1, 0.15) is 0 Å². The van der Waals surface area contributed by atoms with Crippen molar-refractivity contribution in [2.24, 2.45) is 22.8 Å². The number of benzene rings is 2. The fraction of sp³-hybridized carbons (Fsp3) is 0.385. The summed E-state index contributed by atoms with van der Waals surface area (Å²) in [6, 6.07) is 11.3. The lowest BCUT2D eigenvalue weighted by atomic mass is 9.69. The highest BCUT2D eigenvalue weighted by Crippen LogP contribution is 2.47. The zero-order valence-electron chi connectivity index (χ0n) is 19.9. The number of aromatic nitrogens is 2. The Morgan fingerprint density at radius 2 is 1.54 bits per heavy atom. The minimum absolute atomic E-state index is 0.334. The molecule has 0 amide bonds. The van der Waals surface area contributed by atoms with E-state index in [4.69, 9.17) is 10.3 Å². The summed E-state index contributed by atoms with van der Waals surface area (Å²) in [5.74, 6) is -0.210. The Balaban J connectivity index is 2.04. The van der Waals surface area contributed by atoms with E-state index in [-0.39, 0.29) is 12.1 Å². The minimum atomic E-state index is -0.845. The first-order valence-electron chi connectivity index (χ1n) is 11.5. The van der Waals surface area contributed by atoms with E-state index in [0.717, 1.165) is 33.4 Å². The molecule has 0 spiro atoms. The van der Waals surface area contributed by atoms with Gasteiger partial charge in [-0.15, -0.1) is 0 Å². The van der Waals surface area contributed by atoms with Crippen molar-refractivity contribution in [2.45, 2.75) is 50.6 Å². The van der Waals surface area contributed by atoms with Gasteiger partial charge in [0.25, 0.3) is 0 Å². The number of aryl methyl sites for hydroxylation is 3. The Morgan fingerprint density at radius 3 is 1.94 bits per heavy atom. The molecule has 0 saturated carbocycles. The maximum atomic E-state index is 12.2. The van der Waals surface area contributed by atoms with Gasteiger partial charge in [-0.3, -0.25) is 0 Å². The average Bonchev–Trinajstić information content (AvgIpc) is 3.12. The monoisotopic (exact) mass is 473 g/mol.